The first-order chi connectivity index (χ1) is 10.2. The number of nitrogens with zero attached hydrogens (tertiary/aromatic N) is 3. The number of nitrogens with one attached hydrogen (secondary N) is 2. The Hall–Kier alpha value is -2.14. The Morgan fingerprint density at radius 1 is 1.00 bits per heavy atom. The maximum atomic E-state index is 4.45. The summed E-state index contributed by atoms with van der Waals surface area (Å²) in [5.41, 5.74) is 1.31. The summed E-state index contributed by atoms with van der Waals surface area (Å²) in [5, 5.41) is 6.55. The first kappa shape index (κ1) is 15.3. The molecule has 0 amide bonds. The normalized spacial score (nSPS) is 10.6. The van der Waals surface area contributed by atoms with Crippen molar-refractivity contribution in [2.45, 2.75) is 6.42 Å². The molecule has 0 aliphatic carbocycles. The van der Waals surface area contributed by atoms with Crippen LogP contribution >= 0.6 is 0 Å². The fourth-order valence-electron chi connectivity index (χ4n) is 1.91. The Morgan fingerprint density at radius 3 is 2.57 bits per heavy atom. The van der Waals surface area contributed by atoms with Crippen molar-refractivity contribution >= 4 is 11.8 Å². The van der Waals surface area contributed by atoms with Gasteiger partial charge in [0.15, 0.2) is 0 Å². The van der Waals surface area contributed by atoms with Crippen molar-refractivity contribution in [2.75, 3.05) is 44.4 Å². The van der Waals surface area contributed by atoms with Gasteiger partial charge >= 0.3 is 0 Å². The number of likely N-dealkylation sites (N-methyl/N-ethyl adjacent to an activating group) is 1. The molecule has 112 valence electrons. The molecule has 0 radical (unpaired) electrons. The summed E-state index contributed by atoms with van der Waals surface area (Å²) in [7, 11) is 4.11. The van der Waals surface area contributed by atoms with E-state index in [9.17, 15) is 0 Å². The SMILES string of the molecule is CN(C)CCNc1ccnc(NCCc2ccccc2)n1. The predicted molar refractivity (Wildman–Crippen MR) is 87.7 cm³/mol. The van der Waals surface area contributed by atoms with Crippen molar-refractivity contribution in [3.05, 3.63) is 48.2 Å². The molecule has 5 nitrogen and oxygen atoms in total. The van der Waals surface area contributed by atoms with E-state index in [1.165, 1.54) is 5.56 Å². The second kappa shape index (κ2) is 8.21. The zero-order valence-electron chi connectivity index (χ0n) is 12.7. The van der Waals surface area contributed by atoms with Gasteiger partial charge in [-0.3, -0.25) is 0 Å². The van der Waals surface area contributed by atoms with Gasteiger partial charge in [0.05, 0.1) is 0 Å². The summed E-state index contributed by atoms with van der Waals surface area (Å²) < 4.78 is 0. The van der Waals surface area contributed by atoms with Crippen LogP contribution < -0.4 is 10.6 Å². The molecule has 0 aliphatic heterocycles. The lowest BCUT2D eigenvalue weighted by Gasteiger charge is -2.11. The highest BCUT2D eigenvalue weighted by Gasteiger charge is 1.99. The van der Waals surface area contributed by atoms with Gasteiger partial charge in [0.2, 0.25) is 5.95 Å². The highest BCUT2D eigenvalue weighted by molar-refractivity contribution is 5.39. The van der Waals surface area contributed by atoms with Crippen LogP contribution in [0.2, 0.25) is 0 Å². The van der Waals surface area contributed by atoms with E-state index in [1.807, 2.05) is 12.1 Å². The summed E-state index contributed by atoms with van der Waals surface area (Å²) in [5.74, 6) is 1.52. The van der Waals surface area contributed by atoms with E-state index in [0.29, 0.717) is 5.95 Å². The maximum Gasteiger partial charge on any atom is 0.224 e. The lowest BCUT2D eigenvalue weighted by atomic mass is 10.1. The average molecular weight is 285 g/mol. The molecule has 2 aromatic rings. The van der Waals surface area contributed by atoms with Crippen LogP contribution in [0.15, 0.2) is 42.6 Å². The molecule has 0 bridgehead atoms. The first-order valence-corrected chi connectivity index (χ1v) is 7.23. The summed E-state index contributed by atoms with van der Waals surface area (Å²) >= 11 is 0. The molecule has 0 saturated carbocycles. The smallest absolute Gasteiger partial charge is 0.224 e. The van der Waals surface area contributed by atoms with E-state index in [4.69, 9.17) is 0 Å². The van der Waals surface area contributed by atoms with E-state index in [1.54, 1.807) is 6.20 Å². The molecule has 1 aromatic carbocycles. The minimum Gasteiger partial charge on any atom is -0.369 e. The third kappa shape index (κ3) is 5.79. The van der Waals surface area contributed by atoms with Crippen LogP contribution in [0.1, 0.15) is 5.56 Å². The van der Waals surface area contributed by atoms with Crippen molar-refractivity contribution in [1.82, 2.24) is 14.9 Å². The minimum atomic E-state index is 0.667. The fourth-order valence-corrected chi connectivity index (χ4v) is 1.91. The number of aromatic nitrogens is 2. The van der Waals surface area contributed by atoms with Gasteiger partial charge in [-0.15, -0.1) is 0 Å². The molecule has 21 heavy (non-hydrogen) atoms. The molecule has 2 rings (SSSR count). The predicted octanol–water partition coefficient (Wildman–Crippen LogP) is 2.10. The van der Waals surface area contributed by atoms with Gasteiger partial charge in [0.25, 0.3) is 0 Å². The standard InChI is InChI=1S/C16H23N5/c1-21(2)13-12-17-15-9-11-19-16(20-15)18-10-8-14-6-4-3-5-7-14/h3-7,9,11H,8,10,12-13H2,1-2H3,(H2,17,18,19,20). The molecule has 0 unspecified atom stereocenters. The minimum absolute atomic E-state index is 0.667. The van der Waals surface area contributed by atoms with Crippen LogP contribution in [-0.2, 0) is 6.42 Å². The first-order valence-electron chi connectivity index (χ1n) is 7.23. The van der Waals surface area contributed by atoms with Crippen molar-refractivity contribution in [2.24, 2.45) is 0 Å². The molecule has 0 aliphatic rings. The van der Waals surface area contributed by atoms with Gasteiger partial charge in [-0.2, -0.15) is 4.98 Å². The molecule has 0 saturated heterocycles. The number of rotatable bonds is 8. The van der Waals surface area contributed by atoms with E-state index >= 15 is 0 Å². The Bertz CT molecular complexity index is 527. The van der Waals surface area contributed by atoms with Crippen LogP contribution in [0.5, 0.6) is 0 Å². The summed E-state index contributed by atoms with van der Waals surface area (Å²) in [6, 6.07) is 12.3. The molecule has 0 atom stereocenters. The topological polar surface area (TPSA) is 53.1 Å². The van der Waals surface area contributed by atoms with Crippen LogP contribution in [0.25, 0.3) is 0 Å². The second-order valence-corrected chi connectivity index (χ2v) is 5.16. The van der Waals surface area contributed by atoms with Crippen molar-refractivity contribution in [1.29, 1.82) is 0 Å². The Labute approximate surface area is 126 Å². The molecule has 5 heteroatoms. The summed E-state index contributed by atoms with van der Waals surface area (Å²) in [6.45, 7) is 2.67. The number of hydrogen-bond acceptors (Lipinski definition) is 5. The van der Waals surface area contributed by atoms with E-state index < -0.39 is 0 Å². The molecule has 0 spiro atoms. The van der Waals surface area contributed by atoms with Gasteiger partial charge in [-0.25, -0.2) is 4.98 Å². The molecule has 2 N–H and O–H groups in total. The van der Waals surface area contributed by atoms with Gasteiger partial charge in [0.1, 0.15) is 5.82 Å². The van der Waals surface area contributed by atoms with E-state index in [2.05, 4.69) is 63.9 Å². The molecule has 0 fully saturated rings. The summed E-state index contributed by atoms with van der Waals surface area (Å²) in [4.78, 5) is 10.8. The van der Waals surface area contributed by atoms with Crippen LogP contribution in [0, 0.1) is 0 Å². The molecule has 1 heterocycles. The average Bonchev–Trinajstić information content (AvgIpc) is 2.48. The largest absolute Gasteiger partial charge is 0.369 e. The third-order valence-electron chi connectivity index (χ3n) is 3.06. The highest BCUT2D eigenvalue weighted by Crippen LogP contribution is 2.06. The lowest BCUT2D eigenvalue weighted by molar-refractivity contribution is 0.425. The van der Waals surface area contributed by atoms with Crippen LogP contribution in [0.4, 0.5) is 11.8 Å². The zero-order chi connectivity index (χ0) is 14.9. The second-order valence-electron chi connectivity index (χ2n) is 5.16. The van der Waals surface area contributed by atoms with Gasteiger partial charge in [0, 0.05) is 25.8 Å². The number of benzene rings is 1. The maximum absolute atomic E-state index is 4.45. The summed E-state index contributed by atoms with van der Waals surface area (Å²) in [6.07, 6.45) is 2.73. The Balaban J connectivity index is 1.78. The molecule has 1 aromatic heterocycles. The Morgan fingerprint density at radius 2 is 1.81 bits per heavy atom. The number of hydrogen-bond donors (Lipinski definition) is 2. The van der Waals surface area contributed by atoms with E-state index in [0.717, 1.165) is 31.9 Å². The quantitative estimate of drug-likeness (QED) is 0.778. The number of anilines is 2. The van der Waals surface area contributed by atoms with Crippen molar-refractivity contribution in [3.8, 4) is 0 Å². The molecular weight excluding hydrogens is 262 g/mol. The van der Waals surface area contributed by atoms with Crippen molar-refractivity contribution < 1.29 is 0 Å². The van der Waals surface area contributed by atoms with Gasteiger partial charge in [-0.05, 0) is 32.1 Å². The fraction of sp³-hybridized carbons (Fsp3) is 0.375. The monoisotopic (exact) mass is 285 g/mol. The Kier molecular flexibility index (Phi) is 5.97. The third-order valence-corrected chi connectivity index (χ3v) is 3.06. The van der Waals surface area contributed by atoms with Gasteiger partial charge < -0.3 is 15.5 Å². The van der Waals surface area contributed by atoms with Crippen LogP contribution in [0.3, 0.4) is 0 Å². The van der Waals surface area contributed by atoms with E-state index in [-0.39, 0.29) is 0 Å². The molecular formula is C16H23N5. The lowest BCUT2D eigenvalue weighted by Crippen LogP contribution is -2.21. The van der Waals surface area contributed by atoms with Gasteiger partial charge in [-0.1, -0.05) is 30.3 Å². The van der Waals surface area contributed by atoms with Crippen LogP contribution in [-0.4, -0.2) is 48.6 Å². The van der Waals surface area contributed by atoms with Crippen molar-refractivity contribution in [3.63, 3.8) is 0 Å². The zero-order valence-corrected chi connectivity index (χ0v) is 12.7. The highest BCUT2D eigenvalue weighted by atomic mass is 15.1.